The van der Waals surface area contributed by atoms with E-state index < -0.39 is 0 Å². The molecular weight excluding hydrogens is 124 g/mol. The Hall–Kier alpha value is -0.920. The molecule has 2 nitrogen and oxygen atoms in total. The van der Waals surface area contributed by atoms with Crippen molar-refractivity contribution >= 4 is 11.4 Å². The molecule has 0 unspecified atom stereocenters. The Morgan fingerprint density at radius 3 is 2.10 bits per heavy atom. The average molecular weight is 138 g/mol. The smallest absolute Gasteiger partial charge is 0.0317 e. The number of nitrogens with zero attached hydrogens (tertiary/aromatic N) is 1. The largest absolute Gasteiger partial charge is 0.305 e. The predicted molar refractivity (Wildman–Crippen MR) is 46.2 cm³/mol. The molecule has 0 aromatic rings. The van der Waals surface area contributed by atoms with Gasteiger partial charge in [0, 0.05) is 18.5 Å². The molecule has 0 spiro atoms. The lowest BCUT2D eigenvalue weighted by Gasteiger charge is -1.95. The van der Waals surface area contributed by atoms with E-state index in [2.05, 4.69) is 4.99 Å². The molecule has 0 aliphatic heterocycles. The van der Waals surface area contributed by atoms with Crippen molar-refractivity contribution in [1.82, 2.24) is 0 Å². The minimum absolute atomic E-state index is 0.600. The van der Waals surface area contributed by atoms with Crippen LogP contribution in [-0.2, 0) is 0 Å². The van der Waals surface area contributed by atoms with Gasteiger partial charge in [0.15, 0.2) is 0 Å². The second kappa shape index (κ2) is 3.99. The predicted octanol–water partition coefficient (Wildman–Crippen LogP) is 2.06. The molecule has 0 atom stereocenters. The highest BCUT2D eigenvalue weighted by Gasteiger charge is 1.90. The Kier molecular flexibility index (Phi) is 3.62. The monoisotopic (exact) mass is 138 g/mol. The van der Waals surface area contributed by atoms with Crippen molar-refractivity contribution in [2.75, 3.05) is 7.05 Å². The van der Waals surface area contributed by atoms with Crippen molar-refractivity contribution in [2.24, 2.45) is 4.99 Å². The zero-order valence-corrected chi connectivity index (χ0v) is 7.02. The third-order valence-corrected chi connectivity index (χ3v) is 1.37. The van der Waals surface area contributed by atoms with Crippen molar-refractivity contribution in [1.29, 1.82) is 5.41 Å². The summed E-state index contributed by atoms with van der Waals surface area (Å²) in [5.74, 6) is 0. The Bertz CT molecular complexity index is 187. The van der Waals surface area contributed by atoms with Crippen molar-refractivity contribution < 1.29 is 0 Å². The van der Waals surface area contributed by atoms with E-state index in [1.807, 2.05) is 19.9 Å². The van der Waals surface area contributed by atoms with Crippen LogP contribution in [0.1, 0.15) is 20.8 Å². The van der Waals surface area contributed by atoms with E-state index in [9.17, 15) is 0 Å². The molecule has 0 amide bonds. The summed E-state index contributed by atoms with van der Waals surface area (Å²) in [6.45, 7) is 5.61. The molecule has 0 aromatic heterocycles. The SMILES string of the molecule is CN=C(C)/C=C(\C)C(C)=N. The lowest BCUT2D eigenvalue weighted by molar-refractivity contribution is 1.40. The number of hydrogen-bond acceptors (Lipinski definition) is 2. The molecule has 0 saturated carbocycles. The van der Waals surface area contributed by atoms with Gasteiger partial charge in [-0.25, -0.2) is 0 Å². The average Bonchev–Trinajstić information content (AvgIpc) is 1.87. The summed E-state index contributed by atoms with van der Waals surface area (Å²) in [6, 6.07) is 0. The van der Waals surface area contributed by atoms with E-state index in [-0.39, 0.29) is 0 Å². The number of hydrogen-bond donors (Lipinski definition) is 1. The summed E-state index contributed by atoms with van der Waals surface area (Å²) >= 11 is 0. The Morgan fingerprint density at radius 2 is 1.80 bits per heavy atom. The van der Waals surface area contributed by atoms with Crippen molar-refractivity contribution in [3.8, 4) is 0 Å². The first-order chi connectivity index (χ1) is 4.57. The fraction of sp³-hybridized carbons (Fsp3) is 0.500. The Morgan fingerprint density at radius 1 is 1.30 bits per heavy atom. The van der Waals surface area contributed by atoms with Crippen LogP contribution in [0.25, 0.3) is 0 Å². The molecule has 0 fully saturated rings. The van der Waals surface area contributed by atoms with Gasteiger partial charge in [-0.05, 0) is 32.4 Å². The molecule has 0 radical (unpaired) electrons. The maximum Gasteiger partial charge on any atom is 0.0317 e. The molecule has 2 heteroatoms. The van der Waals surface area contributed by atoms with Crippen LogP contribution >= 0.6 is 0 Å². The van der Waals surface area contributed by atoms with Crippen LogP contribution < -0.4 is 0 Å². The zero-order valence-electron chi connectivity index (χ0n) is 7.02. The van der Waals surface area contributed by atoms with Crippen molar-refractivity contribution in [3.05, 3.63) is 11.6 Å². The molecule has 0 heterocycles. The highest BCUT2D eigenvalue weighted by Crippen LogP contribution is 1.94. The summed E-state index contributed by atoms with van der Waals surface area (Å²) in [5.41, 5.74) is 2.54. The van der Waals surface area contributed by atoms with Crippen molar-refractivity contribution in [3.63, 3.8) is 0 Å². The van der Waals surface area contributed by atoms with Crippen LogP contribution in [0, 0.1) is 5.41 Å². The van der Waals surface area contributed by atoms with Crippen LogP contribution in [0.2, 0.25) is 0 Å². The summed E-state index contributed by atoms with van der Waals surface area (Å²) in [4.78, 5) is 3.95. The van der Waals surface area contributed by atoms with E-state index in [4.69, 9.17) is 5.41 Å². The number of aliphatic imine (C=N–C) groups is 1. The molecule has 10 heavy (non-hydrogen) atoms. The van der Waals surface area contributed by atoms with Gasteiger partial charge >= 0.3 is 0 Å². The molecule has 0 bridgehead atoms. The highest BCUT2D eigenvalue weighted by molar-refractivity contribution is 6.03. The van der Waals surface area contributed by atoms with Gasteiger partial charge in [-0.15, -0.1) is 0 Å². The highest BCUT2D eigenvalue weighted by atomic mass is 14.7. The molecule has 0 aliphatic rings. The molecule has 1 N–H and O–H groups in total. The number of rotatable bonds is 2. The minimum atomic E-state index is 0.600. The molecule has 56 valence electrons. The lowest BCUT2D eigenvalue weighted by atomic mass is 10.1. The zero-order chi connectivity index (χ0) is 8.15. The molecule has 0 aromatic carbocycles. The fourth-order valence-electron chi connectivity index (χ4n) is 0.486. The van der Waals surface area contributed by atoms with Gasteiger partial charge < -0.3 is 5.41 Å². The second-order valence-corrected chi connectivity index (χ2v) is 2.32. The van der Waals surface area contributed by atoms with E-state index in [0.29, 0.717) is 5.71 Å². The van der Waals surface area contributed by atoms with E-state index in [0.717, 1.165) is 11.3 Å². The normalized spacial score (nSPS) is 13.6. The maximum atomic E-state index is 7.25. The third-order valence-electron chi connectivity index (χ3n) is 1.37. The quantitative estimate of drug-likeness (QED) is 0.567. The van der Waals surface area contributed by atoms with Gasteiger partial charge in [-0.1, -0.05) is 0 Å². The van der Waals surface area contributed by atoms with Crippen LogP contribution in [0.15, 0.2) is 16.6 Å². The van der Waals surface area contributed by atoms with Crippen LogP contribution in [0.4, 0.5) is 0 Å². The van der Waals surface area contributed by atoms with Gasteiger partial charge in [0.2, 0.25) is 0 Å². The van der Waals surface area contributed by atoms with E-state index in [1.165, 1.54) is 0 Å². The van der Waals surface area contributed by atoms with Gasteiger partial charge in [0.1, 0.15) is 0 Å². The molecular formula is C8H14N2. The van der Waals surface area contributed by atoms with Crippen LogP contribution in [-0.4, -0.2) is 18.5 Å². The Balaban J connectivity index is 4.31. The topological polar surface area (TPSA) is 36.2 Å². The van der Waals surface area contributed by atoms with Gasteiger partial charge in [-0.2, -0.15) is 0 Å². The minimum Gasteiger partial charge on any atom is -0.305 e. The summed E-state index contributed by atoms with van der Waals surface area (Å²) < 4.78 is 0. The third kappa shape index (κ3) is 3.17. The fourth-order valence-corrected chi connectivity index (χ4v) is 0.486. The maximum absolute atomic E-state index is 7.25. The molecule has 0 saturated heterocycles. The van der Waals surface area contributed by atoms with Gasteiger partial charge in [-0.3, -0.25) is 4.99 Å². The first-order valence-corrected chi connectivity index (χ1v) is 3.25. The lowest BCUT2D eigenvalue weighted by Crippen LogP contribution is -1.94. The van der Waals surface area contributed by atoms with E-state index >= 15 is 0 Å². The van der Waals surface area contributed by atoms with Crippen LogP contribution in [0.3, 0.4) is 0 Å². The summed E-state index contributed by atoms with van der Waals surface area (Å²) in [5, 5.41) is 7.25. The summed E-state index contributed by atoms with van der Waals surface area (Å²) in [6.07, 6.45) is 1.91. The molecule has 0 aliphatic carbocycles. The summed E-state index contributed by atoms with van der Waals surface area (Å²) in [7, 11) is 1.75. The van der Waals surface area contributed by atoms with Gasteiger partial charge in [0.05, 0.1) is 0 Å². The van der Waals surface area contributed by atoms with E-state index in [1.54, 1.807) is 14.0 Å². The Labute approximate surface area is 62.2 Å². The van der Waals surface area contributed by atoms with Gasteiger partial charge in [0.25, 0.3) is 0 Å². The number of allylic oxidation sites excluding steroid dienone is 2. The first kappa shape index (κ1) is 9.08. The second-order valence-electron chi connectivity index (χ2n) is 2.32. The van der Waals surface area contributed by atoms with Crippen molar-refractivity contribution in [2.45, 2.75) is 20.8 Å². The first-order valence-electron chi connectivity index (χ1n) is 3.25. The van der Waals surface area contributed by atoms with Crippen LogP contribution in [0.5, 0.6) is 0 Å². The number of nitrogens with one attached hydrogen (secondary N) is 1. The molecule has 0 rings (SSSR count). The standard InChI is InChI=1S/C8H14N2/c1-6(8(3)9)5-7(2)10-4/h5,9H,1-4H3/b6-5+,9-8?,10-7?.